The van der Waals surface area contributed by atoms with E-state index in [9.17, 15) is 42.7 Å². The largest absolute Gasteiger partial charge is 0.514 e. The van der Waals surface area contributed by atoms with Crippen LogP contribution in [0, 0.1) is 0 Å². The van der Waals surface area contributed by atoms with Crippen LogP contribution >= 0.6 is 11.8 Å². The number of azide groups is 1. The summed E-state index contributed by atoms with van der Waals surface area (Å²) in [6.07, 6.45) is -1.15. The van der Waals surface area contributed by atoms with Gasteiger partial charge >= 0.3 is 18.1 Å². The Morgan fingerprint density at radius 1 is 0.879 bits per heavy atom. The Morgan fingerprint density at radius 2 is 1.52 bits per heavy atom. The van der Waals surface area contributed by atoms with Crippen LogP contribution in [0.5, 0.6) is 17.2 Å². The molecule has 1 unspecified atom stereocenters. The second kappa shape index (κ2) is 15.0. The first-order valence-electron chi connectivity index (χ1n) is 17.9. The smallest absolute Gasteiger partial charge is 0.429 e. The summed E-state index contributed by atoms with van der Waals surface area (Å²) in [5.41, 5.74) is 10.3. The molecule has 4 heterocycles. The summed E-state index contributed by atoms with van der Waals surface area (Å²) in [6.45, 7) is 6.20. The van der Waals surface area contributed by atoms with Crippen LogP contribution in [-0.2, 0) is 45.2 Å². The Balaban J connectivity index is 0.965. The van der Waals surface area contributed by atoms with Crippen LogP contribution in [0.25, 0.3) is 10.4 Å². The van der Waals surface area contributed by atoms with E-state index in [1.165, 1.54) is 79.0 Å². The van der Waals surface area contributed by atoms with Crippen molar-refractivity contribution in [1.29, 1.82) is 0 Å². The minimum absolute atomic E-state index is 0.00165. The van der Waals surface area contributed by atoms with Crippen molar-refractivity contribution in [2.45, 2.75) is 85.1 Å². The molecule has 4 saturated heterocycles. The molecular weight excluding hydrogens is 797 g/mol. The van der Waals surface area contributed by atoms with Crippen LogP contribution in [0.1, 0.15) is 51.3 Å². The molecule has 0 bridgehead atoms. The summed E-state index contributed by atoms with van der Waals surface area (Å²) >= 11 is 1.26. The summed E-state index contributed by atoms with van der Waals surface area (Å²) in [5.74, 6) is -3.61. The molecule has 0 spiro atoms. The van der Waals surface area contributed by atoms with Gasteiger partial charge < -0.3 is 34.1 Å². The number of carbonyl (C=O) groups is 6. The number of nitrogens with zero attached hydrogens (tertiary/aromatic N) is 5. The number of carbonyl (C=O) groups excluding carboxylic acids is 6. The minimum atomic E-state index is -3.84. The van der Waals surface area contributed by atoms with Gasteiger partial charge in [-0.3, -0.25) is 14.4 Å². The molecule has 4 aliphatic heterocycles. The van der Waals surface area contributed by atoms with Gasteiger partial charge in [0.2, 0.25) is 17.7 Å². The van der Waals surface area contributed by atoms with E-state index in [1.54, 1.807) is 38.1 Å². The summed E-state index contributed by atoms with van der Waals surface area (Å²) in [5, 5.41) is 4.48. The molecule has 7 rings (SSSR count). The fraction of sp³-hybridized carbons (Fsp3) is 0.368. The van der Waals surface area contributed by atoms with E-state index in [4.69, 9.17) is 18.9 Å². The maximum absolute atomic E-state index is 13.7. The predicted molar refractivity (Wildman–Crippen MR) is 203 cm³/mol. The number of esters is 2. The first-order chi connectivity index (χ1) is 27.4. The van der Waals surface area contributed by atoms with Crippen LogP contribution in [-0.4, -0.2) is 92.4 Å². The zero-order valence-electron chi connectivity index (χ0n) is 31.3. The zero-order valence-corrected chi connectivity index (χ0v) is 33.0. The molecule has 58 heavy (non-hydrogen) atoms. The average Bonchev–Trinajstić information content (AvgIpc) is 3.50. The lowest BCUT2D eigenvalue weighted by Gasteiger charge is -2.44. The lowest BCUT2D eigenvalue weighted by atomic mass is 9.95. The molecule has 1 N–H and O–H groups in total. The third kappa shape index (κ3) is 7.07. The monoisotopic (exact) mass is 832 g/mol. The molecule has 20 heteroatoms. The molecule has 0 aliphatic carbocycles. The number of rotatable bonds is 11. The number of amides is 3. The first-order valence-corrected chi connectivity index (χ1v) is 20.3. The second-order valence-electron chi connectivity index (χ2n) is 14.9. The van der Waals surface area contributed by atoms with Crippen molar-refractivity contribution in [1.82, 2.24) is 15.1 Å². The van der Waals surface area contributed by atoms with Gasteiger partial charge in [0.05, 0.1) is 11.2 Å². The van der Waals surface area contributed by atoms with Gasteiger partial charge in [-0.05, 0) is 68.6 Å². The number of ether oxygens (including phenoxy) is 4. The molecule has 0 aromatic heterocycles. The maximum atomic E-state index is 13.7. The molecule has 0 radical (unpaired) electrons. The molecule has 4 aliphatic rings. The SMILES string of the molecule is CC1(C)S[C@@H]2[C@H](NC(=O)C(N=[N+]=[N-])c3ccc(OC(=O)OCc4ccccc4)cc3)C(=O)N2[C@H]1C(=O)Oc1cccc(OC(=O)[C@@H]2N3C(=O)C[C@H]3S(=O)(=O)C2(C)C)c1. The highest BCUT2D eigenvalue weighted by atomic mass is 32.2. The lowest BCUT2D eigenvalue weighted by Crippen LogP contribution is -2.71. The van der Waals surface area contributed by atoms with Crippen molar-refractivity contribution in [2.75, 3.05) is 0 Å². The van der Waals surface area contributed by atoms with E-state index < -0.39 is 90.1 Å². The maximum Gasteiger partial charge on any atom is 0.514 e. The van der Waals surface area contributed by atoms with Crippen molar-refractivity contribution >= 4 is 57.4 Å². The second-order valence-corrected chi connectivity index (χ2v) is 19.3. The quantitative estimate of drug-likeness (QED) is 0.0548. The summed E-state index contributed by atoms with van der Waals surface area (Å²) < 4.78 is 44.9. The Morgan fingerprint density at radius 3 is 2.14 bits per heavy atom. The molecule has 6 atom stereocenters. The average molecular weight is 833 g/mol. The Hall–Kier alpha value is -6.11. The van der Waals surface area contributed by atoms with Crippen LogP contribution in [0.4, 0.5) is 4.79 Å². The van der Waals surface area contributed by atoms with Gasteiger partial charge in [0.15, 0.2) is 15.9 Å². The summed E-state index contributed by atoms with van der Waals surface area (Å²) in [7, 11) is -3.84. The van der Waals surface area contributed by atoms with Crippen molar-refractivity contribution in [3.05, 3.63) is 100 Å². The molecule has 18 nitrogen and oxygen atoms in total. The van der Waals surface area contributed by atoms with Crippen molar-refractivity contribution in [3.8, 4) is 17.2 Å². The molecule has 302 valence electrons. The fourth-order valence-electron chi connectivity index (χ4n) is 7.40. The molecule has 3 amide bonds. The highest BCUT2D eigenvalue weighted by Crippen LogP contribution is 2.51. The van der Waals surface area contributed by atoms with E-state index in [0.717, 1.165) is 10.5 Å². The molecular formula is C38H36N6O12S2. The van der Waals surface area contributed by atoms with Crippen molar-refractivity contribution in [3.63, 3.8) is 0 Å². The number of hydrogen-bond donors (Lipinski definition) is 1. The topological polar surface area (TPSA) is 241 Å². The summed E-state index contributed by atoms with van der Waals surface area (Å²) in [6, 6.07) is 15.2. The molecule has 4 fully saturated rings. The van der Waals surface area contributed by atoms with Crippen LogP contribution in [0.15, 0.2) is 84.0 Å². The normalized spacial score (nSPS) is 24.7. The van der Waals surface area contributed by atoms with E-state index in [2.05, 4.69) is 15.3 Å². The van der Waals surface area contributed by atoms with Gasteiger partial charge in [-0.2, -0.15) is 0 Å². The lowest BCUT2D eigenvalue weighted by molar-refractivity contribution is -0.159. The van der Waals surface area contributed by atoms with Gasteiger partial charge in [0.1, 0.15) is 52.7 Å². The van der Waals surface area contributed by atoms with Crippen molar-refractivity contribution < 1.29 is 56.1 Å². The predicted octanol–water partition coefficient (Wildman–Crippen LogP) is 3.95. The highest BCUT2D eigenvalue weighted by Gasteiger charge is 2.68. The van der Waals surface area contributed by atoms with E-state index >= 15 is 0 Å². The molecule has 3 aromatic rings. The molecule has 3 aromatic carbocycles. The van der Waals surface area contributed by atoms with E-state index in [1.807, 2.05) is 6.07 Å². The Kier molecular flexibility index (Phi) is 10.4. The van der Waals surface area contributed by atoms with E-state index in [0.29, 0.717) is 0 Å². The van der Waals surface area contributed by atoms with Gasteiger partial charge in [0.25, 0.3) is 0 Å². The number of sulfone groups is 1. The standard InChI is InChI=1S/C38H36N6O12S2/c1-37(2)29(34(48)54-23-11-8-12-24(17-23)55-35(49)30-38(3,4)58(51,52)26-18-25(45)43(26)30)44-32(47)28(33(44)57-37)40-31(46)27(41-42-39)21-13-15-22(16-14-21)56-36(50)53-19-20-9-6-5-7-10-20/h5-17,26-30,33H,18-19H2,1-4H3,(H,40,46)/t26-,27?,28-,29+,30+,33-/m1/s1. The fourth-order valence-corrected chi connectivity index (χ4v) is 11.1. The number of thioether (sulfide) groups is 1. The van der Waals surface area contributed by atoms with Gasteiger partial charge in [-0.25, -0.2) is 22.8 Å². The number of β-lactam (4-membered cyclic amide) rings is 2. The van der Waals surface area contributed by atoms with Crippen LogP contribution in [0.2, 0.25) is 0 Å². The van der Waals surface area contributed by atoms with Crippen molar-refractivity contribution in [2.24, 2.45) is 5.11 Å². The zero-order chi connectivity index (χ0) is 41.7. The third-order valence-corrected chi connectivity index (χ3v) is 14.8. The number of benzene rings is 3. The van der Waals surface area contributed by atoms with Gasteiger partial charge in [-0.1, -0.05) is 53.6 Å². The third-order valence-electron chi connectivity index (χ3n) is 10.4. The van der Waals surface area contributed by atoms with Gasteiger partial charge in [-0.15, -0.1) is 11.8 Å². The van der Waals surface area contributed by atoms with Gasteiger partial charge in [0, 0.05) is 15.7 Å². The Labute approximate surface area is 335 Å². The highest BCUT2D eigenvalue weighted by molar-refractivity contribution is 8.01. The Bertz CT molecular complexity index is 2370. The number of nitrogens with one attached hydrogen (secondary N) is 1. The summed E-state index contributed by atoms with van der Waals surface area (Å²) in [4.78, 5) is 83.4. The van der Waals surface area contributed by atoms with Crippen LogP contribution < -0.4 is 19.5 Å². The minimum Gasteiger partial charge on any atom is -0.429 e. The van der Waals surface area contributed by atoms with Crippen LogP contribution in [0.3, 0.4) is 0 Å². The van der Waals surface area contributed by atoms with E-state index in [-0.39, 0.29) is 35.8 Å². The first kappa shape index (κ1) is 40.1. The number of hydrogen-bond acceptors (Lipinski definition) is 14. The number of fused-ring (bicyclic) bond motifs is 2. The molecule has 0 saturated carbocycles.